The van der Waals surface area contributed by atoms with Gasteiger partial charge in [0.15, 0.2) is 17.3 Å². The molecule has 0 bridgehead atoms. The summed E-state index contributed by atoms with van der Waals surface area (Å²) in [6, 6.07) is 1.58. The summed E-state index contributed by atoms with van der Waals surface area (Å²) in [5.74, 6) is -0.619. The molecule has 1 aromatic carbocycles. The molecule has 5 heteroatoms. The van der Waals surface area contributed by atoms with Gasteiger partial charge in [-0.3, -0.25) is 0 Å². The highest BCUT2D eigenvalue weighted by Gasteiger charge is 2.21. The SMILES string of the molecule is CC(C)c1nc2cc(CNCC3CCC3)c(F)c(F)c2o1. The number of aromatic nitrogens is 1. The van der Waals surface area contributed by atoms with E-state index in [1.807, 2.05) is 13.8 Å². The van der Waals surface area contributed by atoms with Crippen molar-refractivity contribution in [1.29, 1.82) is 0 Å². The van der Waals surface area contributed by atoms with Gasteiger partial charge in [0.2, 0.25) is 5.82 Å². The monoisotopic (exact) mass is 294 g/mol. The number of nitrogens with zero attached hydrogens (tertiary/aromatic N) is 1. The van der Waals surface area contributed by atoms with Gasteiger partial charge in [-0.2, -0.15) is 4.39 Å². The van der Waals surface area contributed by atoms with E-state index in [0.29, 0.717) is 29.4 Å². The second kappa shape index (κ2) is 5.72. The summed E-state index contributed by atoms with van der Waals surface area (Å²) in [5, 5.41) is 3.20. The number of benzene rings is 1. The topological polar surface area (TPSA) is 38.1 Å². The highest BCUT2D eigenvalue weighted by Crippen LogP contribution is 2.28. The third-order valence-corrected chi connectivity index (χ3v) is 4.12. The third kappa shape index (κ3) is 2.79. The highest BCUT2D eigenvalue weighted by atomic mass is 19.2. The molecule has 1 fully saturated rings. The van der Waals surface area contributed by atoms with Gasteiger partial charge < -0.3 is 9.73 Å². The molecule has 0 unspecified atom stereocenters. The first kappa shape index (κ1) is 14.4. The average molecular weight is 294 g/mol. The second-order valence-electron chi connectivity index (χ2n) is 6.15. The maximum Gasteiger partial charge on any atom is 0.203 e. The van der Waals surface area contributed by atoms with E-state index in [9.17, 15) is 8.78 Å². The molecule has 0 radical (unpaired) electrons. The highest BCUT2D eigenvalue weighted by molar-refractivity contribution is 5.74. The zero-order chi connectivity index (χ0) is 15.0. The smallest absolute Gasteiger partial charge is 0.203 e. The van der Waals surface area contributed by atoms with Crippen molar-refractivity contribution in [3.63, 3.8) is 0 Å². The molecule has 1 aliphatic carbocycles. The Morgan fingerprint density at radius 2 is 2.10 bits per heavy atom. The number of rotatable bonds is 5. The van der Waals surface area contributed by atoms with E-state index in [2.05, 4.69) is 10.3 Å². The van der Waals surface area contributed by atoms with Crippen LogP contribution in [0.25, 0.3) is 11.1 Å². The first-order valence-corrected chi connectivity index (χ1v) is 7.54. The molecule has 0 aliphatic heterocycles. The number of halogens is 2. The molecule has 114 valence electrons. The van der Waals surface area contributed by atoms with E-state index in [1.165, 1.54) is 19.3 Å². The molecule has 1 heterocycles. The van der Waals surface area contributed by atoms with Gasteiger partial charge in [0, 0.05) is 18.0 Å². The first-order chi connectivity index (χ1) is 10.1. The van der Waals surface area contributed by atoms with Crippen LogP contribution in [0.3, 0.4) is 0 Å². The molecule has 0 saturated heterocycles. The number of hydrogen-bond donors (Lipinski definition) is 1. The van der Waals surface area contributed by atoms with Crippen LogP contribution in [0.15, 0.2) is 10.5 Å². The Hall–Kier alpha value is -1.49. The van der Waals surface area contributed by atoms with E-state index in [1.54, 1.807) is 6.07 Å². The zero-order valence-corrected chi connectivity index (χ0v) is 12.4. The Labute approximate surface area is 122 Å². The van der Waals surface area contributed by atoms with Crippen molar-refractivity contribution in [2.75, 3.05) is 6.54 Å². The molecule has 0 atom stereocenters. The van der Waals surface area contributed by atoms with Crippen molar-refractivity contribution < 1.29 is 13.2 Å². The summed E-state index contributed by atoms with van der Waals surface area (Å²) in [5.41, 5.74) is 0.611. The molecule has 3 rings (SSSR count). The zero-order valence-electron chi connectivity index (χ0n) is 12.4. The fourth-order valence-corrected chi connectivity index (χ4v) is 2.56. The van der Waals surface area contributed by atoms with Gasteiger partial charge in [0.25, 0.3) is 0 Å². The lowest BCUT2D eigenvalue weighted by atomic mass is 9.85. The van der Waals surface area contributed by atoms with Crippen LogP contribution in [-0.4, -0.2) is 11.5 Å². The summed E-state index contributed by atoms with van der Waals surface area (Å²) in [7, 11) is 0. The average Bonchev–Trinajstić information content (AvgIpc) is 2.82. The predicted molar refractivity (Wildman–Crippen MR) is 77.1 cm³/mol. The normalized spacial score (nSPS) is 15.9. The minimum atomic E-state index is -0.938. The van der Waals surface area contributed by atoms with Crippen molar-refractivity contribution in [1.82, 2.24) is 10.3 Å². The van der Waals surface area contributed by atoms with Crippen molar-refractivity contribution in [2.24, 2.45) is 5.92 Å². The maximum absolute atomic E-state index is 14.1. The van der Waals surface area contributed by atoms with Gasteiger partial charge in [-0.25, -0.2) is 9.37 Å². The van der Waals surface area contributed by atoms with Gasteiger partial charge in [-0.05, 0) is 31.4 Å². The van der Waals surface area contributed by atoms with Crippen LogP contribution in [0, 0.1) is 17.6 Å². The number of fused-ring (bicyclic) bond motifs is 1. The number of hydrogen-bond acceptors (Lipinski definition) is 3. The van der Waals surface area contributed by atoms with Gasteiger partial charge >= 0.3 is 0 Å². The quantitative estimate of drug-likeness (QED) is 0.901. The maximum atomic E-state index is 14.1. The minimum Gasteiger partial charge on any atom is -0.437 e. The van der Waals surface area contributed by atoms with Crippen molar-refractivity contribution >= 4 is 11.1 Å². The van der Waals surface area contributed by atoms with Gasteiger partial charge in [-0.1, -0.05) is 20.3 Å². The van der Waals surface area contributed by atoms with Gasteiger partial charge in [-0.15, -0.1) is 0 Å². The lowest BCUT2D eigenvalue weighted by molar-refractivity contribution is 0.300. The summed E-state index contributed by atoms with van der Waals surface area (Å²) in [4.78, 5) is 4.24. The van der Waals surface area contributed by atoms with Crippen LogP contribution >= 0.6 is 0 Å². The second-order valence-corrected chi connectivity index (χ2v) is 6.15. The van der Waals surface area contributed by atoms with E-state index < -0.39 is 11.6 Å². The fraction of sp³-hybridized carbons (Fsp3) is 0.562. The van der Waals surface area contributed by atoms with Crippen molar-refractivity contribution in [3.8, 4) is 0 Å². The molecule has 21 heavy (non-hydrogen) atoms. The molecule has 3 nitrogen and oxygen atoms in total. The molecule has 0 amide bonds. The minimum absolute atomic E-state index is 0.0417. The molecule has 1 aromatic heterocycles. The Kier molecular flexibility index (Phi) is 3.93. The first-order valence-electron chi connectivity index (χ1n) is 7.54. The molecular weight excluding hydrogens is 274 g/mol. The largest absolute Gasteiger partial charge is 0.437 e. The molecule has 0 spiro atoms. The van der Waals surface area contributed by atoms with Crippen LogP contribution < -0.4 is 5.32 Å². The third-order valence-electron chi connectivity index (χ3n) is 4.12. The Bertz CT molecular complexity index is 647. The lowest BCUT2D eigenvalue weighted by Crippen LogP contribution is -2.27. The molecule has 1 N–H and O–H groups in total. The Balaban J connectivity index is 1.82. The van der Waals surface area contributed by atoms with Crippen LogP contribution in [0.2, 0.25) is 0 Å². The summed E-state index contributed by atoms with van der Waals surface area (Å²) in [6.45, 7) is 4.98. The molecular formula is C16H20F2N2O. The lowest BCUT2D eigenvalue weighted by Gasteiger charge is -2.25. The summed E-state index contributed by atoms with van der Waals surface area (Å²) >= 11 is 0. The van der Waals surface area contributed by atoms with Crippen LogP contribution in [0.5, 0.6) is 0 Å². The molecule has 1 aliphatic rings. The van der Waals surface area contributed by atoms with Crippen LogP contribution in [0.1, 0.15) is 50.5 Å². The predicted octanol–water partition coefficient (Wildman–Crippen LogP) is 4.12. The van der Waals surface area contributed by atoms with Gasteiger partial charge in [0.05, 0.1) is 0 Å². The van der Waals surface area contributed by atoms with Crippen LogP contribution in [-0.2, 0) is 6.54 Å². The van der Waals surface area contributed by atoms with Crippen molar-refractivity contribution in [2.45, 2.75) is 45.6 Å². The molecule has 1 saturated carbocycles. The summed E-state index contributed by atoms with van der Waals surface area (Å²) in [6.07, 6.45) is 3.73. The summed E-state index contributed by atoms with van der Waals surface area (Å²) < 4.78 is 33.4. The standard InChI is InChI=1S/C16H20F2N2O/c1-9(2)16-20-12-6-11(8-19-7-10-4-3-5-10)13(17)14(18)15(12)21-16/h6,9-10,19H,3-5,7-8H2,1-2H3. The van der Waals surface area contributed by atoms with E-state index in [0.717, 1.165) is 6.54 Å². The Morgan fingerprint density at radius 1 is 1.33 bits per heavy atom. The van der Waals surface area contributed by atoms with Crippen LogP contribution in [0.4, 0.5) is 8.78 Å². The number of oxazole rings is 1. The van der Waals surface area contributed by atoms with E-state index in [-0.39, 0.29) is 11.5 Å². The van der Waals surface area contributed by atoms with Gasteiger partial charge in [0.1, 0.15) is 5.52 Å². The number of nitrogens with one attached hydrogen (secondary N) is 1. The van der Waals surface area contributed by atoms with E-state index >= 15 is 0 Å². The molecule has 2 aromatic rings. The van der Waals surface area contributed by atoms with Crippen molar-refractivity contribution in [3.05, 3.63) is 29.2 Å². The van der Waals surface area contributed by atoms with E-state index in [4.69, 9.17) is 4.42 Å². The fourth-order valence-electron chi connectivity index (χ4n) is 2.56. The Morgan fingerprint density at radius 3 is 2.71 bits per heavy atom.